The van der Waals surface area contributed by atoms with Crippen molar-refractivity contribution in [3.05, 3.63) is 65.7 Å². The van der Waals surface area contributed by atoms with Crippen LogP contribution in [0.4, 0.5) is 0 Å². The van der Waals surface area contributed by atoms with Crippen LogP contribution in [0.15, 0.2) is 54.6 Å². The second-order valence-electron chi connectivity index (χ2n) is 7.41. The molecule has 1 aliphatic rings. The van der Waals surface area contributed by atoms with Crippen LogP contribution in [-0.2, 0) is 17.6 Å². The molecule has 0 unspecified atom stereocenters. The maximum atomic E-state index is 11.4. The molecule has 0 atom stereocenters. The number of nitrogens with zero attached hydrogens (tertiary/aromatic N) is 1. The molecule has 0 amide bonds. The van der Waals surface area contributed by atoms with Crippen LogP contribution in [0.2, 0.25) is 0 Å². The zero-order valence-electron chi connectivity index (χ0n) is 16.5. The van der Waals surface area contributed by atoms with Gasteiger partial charge >= 0.3 is 5.97 Å². The highest BCUT2D eigenvalue weighted by molar-refractivity contribution is 6.09. The summed E-state index contributed by atoms with van der Waals surface area (Å²) in [7, 11) is 1.58. The number of carbonyl (C=O) groups is 1. The summed E-state index contributed by atoms with van der Waals surface area (Å²) in [6, 6.07) is 18.4. The molecular weight excluding hydrogens is 362 g/mol. The molecule has 0 bridgehead atoms. The van der Waals surface area contributed by atoms with Crippen LogP contribution in [0.1, 0.15) is 24.5 Å². The highest BCUT2D eigenvalue weighted by Crippen LogP contribution is 2.40. The van der Waals surface area contributed by atoms with E-state index in [1.165, 1.54) is 34.2 Å². The van der Waals surface area contributed by atoms with Crippen LogP contribution in [0.5, 0.6) is 11.5 Å². The third kappa shape index (κ3) is 2.92. The normalized spacial score (nSPS) is 12.9. The van der Waals surface area contributed by atoms with Gasteiger partial charge in [0.25, 0.3) is 0 Å². The Morgan fingerprint density at radius 3 is 2.62 bits per heavy atom. The van der Waals surface area contributed by atoms with Crippen molar-refractivity contribution in [3.63, 3.8) is 0 Å². The van der Waals surface area contributed by atoms with Gasteiger partial charge in [-0.25, -0.2) is 4.98 Å². The number of ether oxygens (including phenoxy) is 2. The fourth-order valence-corrected chi connectivity index (χ4v) is 4.43. The van der Waals surface area contributed by atoms with E-state index >= 15 is 0 Å². The number of aryl methyl sites for hydroxylation is 1. The first-order valence-corrected chi connectivity index (χ1v) is 9.86. The van der Waals surface area contributed by atoms with Crippen LogP contribution in [0.25, 0.3) is 32.9 Å². The highest BCUT2D eigenvalue weighted by Gasteiger charge is 2.22. The van der Waals surface area contributed by atoms with Crippen molar-refractivity contribution in [3.8, 4) is 22.8 Å². The summed E-state index contributed by atoms with van der Waals surface area (Å²) < 4.78 is 10.7. The van der Waals surface area contributed by atoms with E-state index in [0.717, 1.165) is 36.0 Å². The summed E-state index contributed by atoms with van der Waals surface area (Å²) in [5, 5.41) is 3.80. The third-order valence-corrected chi connectivity index (χ3v) is 5.64. The van der Waals surface area contributed by atoms with Crippen molar-refractivity contribution < 1.29 is 14.3 Å². The van der Waals surface area contributed by atoms with Gasteiger partial charge in [0.1, 0.15) is 0 Å². The van der Waals surface area contributed by atoms with E-state index in [4.69, 9.17) is 14.5 Å². The van der Waals surface area contributed by atoms with E-state index in [2.05, 4.69) is 36.4 Å². The summed E-state index contributed by atoms with van der Waals surface area (Å²) >= 11 is 0. The number of hydrogen-bond acceptors (Lipinski definition) is 4. The van der Waals surface area contributed by atoms with Gasteiger partial charge in [-0.05, 0) is 65.4 Å². The average molecular weight is 383 g/mol. The summed E-state index contributed by atoms with van der Waals surface area (Å²) in [5.74, 6) is 0.588. The summed E-state index contributed by atoms with van der Waals surface area (Å²) in [5.41, 5.74) is 5.71. The molecule has 0 N–H and O–H groups in total. The number of pyridine rings is 1. The lowest BCUT2D eigenvalue weighted by Crippen LogP contribution is -2.03. The summed E-state index contributed by atoms with van der Waals surface area (Å²) in [6.45, 7) is 1.38. The molecule has 4 heteroatoms. The van der Waals surface area contributed by atoms with Gasteiger partial charge in [0.2, 0.25) is 0 Å². The fraction of sp³-hybridized carbons (Fsp3) is 0.200. The molecule has 4 nitrogen and oxygen atoms in total. The lowest BCUT2D eigenvalue weighted by molar-refractivity contribution is -0.132. The van der Waals surface area contributed by atoms with Crippen molar-refractivity contribution in [2.24, 2.45) is 0 Å². The summed E-state index contributed by atoms with van der Waals surface area (Å²) in [6.07, 6.45) is 3.22. The number of rotatable bonds is 3. The second kappa shape index (κ2) is 6.89. The third-order valence-electron chi connectivity index (χ3n) is 5.64. The van der Waals surface area contributed by atoms with Crippen molar-refractivity contribution in [2.45, 2.75) is 26.2 Å². The minimum atomic E-state index is -0.368. The number of fused-ring (bicyclic) bond motifs is 5. The number of methoxy groups -OCH3 is 1. The van der Waals surface area contributed by atoms with Gasteiger partial charge in [-0.1, -0.05) is 30.3 Å². The largest absolute Gasteiger partial charge is 0.493 e. The fourth-order valence-electron chi connectivity index (χ4n) is 4.43. The van der Waals surface area contributed by atoms with Crippen molar-refractivity contribution in [2.75, 3.05) is 7.11 Å². The van der Waals surface area contributed by atoms with Crippen LogP contribution in [0.3, 0.4) is 0 Å². The first-order valence-electron chi connectivity index (χ1n) is 9.86. The highest BCUT2D eigenvalue weighted by atomic mass is 16.6. The van der Waals surface area contributed by atoms with Gasteiger partial charge in [-0.2, -0.15) is 0 Å². The molecule has 0 aliphatic heterocycles. The van der Waals surface area contributed by atoms with Crippen LogP contribution >= 0.6 is 0 Å². The SMILES string of the molecule is COc1cc(-c2nc3ccc4ccccc4c3c3c2CCC3)ccc1OC(C)=O. The monoisotopic (exact) mass is 383 g/mol. The topological polar surface area (TPSA) is 48.4 Å². The Hall–Kier alpha value is -3.40. The molecule has 1 aliphatic carbocycles. The van der Waals surface area contributed by atoms with Crippen LogP contribution in [0, 0.1) is 0 Å². The maximum absolute atomic E-state index is 11.4. The minimum Gasteiger partial charge on any atom is -0.493 e. The number of esters is 1. The van der Waals surface area contributed by atoms with Gasteiger partial charge in [0.05, 0.1) is 18.3 Å². The van der Waals surface area contributed by atoms with Crippen LogP contribution < -0.4 is 9.47 Å². The molecule has 3 aromatic carbocycles. The number of benzene rings is 3. The number of aromatic nitrogens is 1. The Kier molecular flexibility index (Phi) is 4.20. The van der Waals surface area contributed by atoms with Gasteiger partial charge in [-0.15, -0.1) is 0 Å². The molecule has 1 aromatic heterocycles. The zero-order valence-corrected chi connectivity index (χ0v) is 16.5. The Morgan fingerprint density at radius 2 is 1.79 bits per heavy atom. The van der Waals surface area contributed by atoms with E-state index in [9.17, 15) is 4.79 Å². The number of hydrogen-bond donors (Lipinski definition) is 0. The zero-order chi connectivity index (χ0) is 20.0. The van der Waals surface area contributed by atoms with Crippen LogP contribution in [-0.4, -0.2) is 18.1 Å². The molecule has 0 saturated heterocycles. The van der Waals surface area contributed by atoms with E-state index in [0.29, 0.717) is 11.5 Å². The Bertz CT molecular complexity index is 1280. The van der Waals surface area contributed by atoms with Gasteiger partial charge in [-0.3, -0.25) is 4.79 Å². The standard InChI is InChI=1S/C25H21NO3/c1-15(27)29-22-13-11-17(14-23(22)28-2)25-20-9-5-8-19(20)24-18-7-4-3-6-16(18)10-12-21(24)26-25/h3-4,6-7,10-14H,5,8-9H2,1-2H3. The van der Waals surface area contributed by atoms with Crippen molar-refractivity contribution >= 4 is 27.6 Å². The lowest BCUT2D eigenvalue weighted by atomic mass is 9.95. The summed E-state index contributed by atoms with van der Waals surface area (Å²) in [4.78, 5) is 16.4. The van der Waals surface area contributed by atoms with Crippen molar-refractivity contribution in [1.29, 1.82) is 0 Å². The molecule has 1 heterocycles. The molecule has 4 aromatic rings. The molecule has 29 heavy (non-hydrogen) atoms. The van der Waals surface area contributed by atoms with Gasteiger partial charge in [0.15, 0.2) is 11.5 Å². The van der Waals surface area contributed by atoms with Gasteiger partial charge < -0.3 is 9.47 Å². The predicted octanol–water partition coefficient (Wildman–Crippen LogP) is 5.48. The first-order chi connectivity index (χ1) is 14.2. The predicted molar refractivity (Wildman–Crippen MR) is 115 cm³/mol. The molecule has 0 saturated carbocycles. The molecule has 144 valence electrons. The van der Waals surface area contributed by atoms with Gasteiger partial charge in [0, 0.05) is 17.9 Å². The molecule has 0 radical (unpaired) electrons. The maximum Gasteiger partial charge on any atom is 0.308 e. The van der Waals surface area contributed by atoms with E-state index in [1.54, 1.807) is 13.2 Å². The minimum absolute atomic E-state index is 0.368. The molecule has 5 rings (SSSR count). The van der Waals surface area contributed by atoms with Crippen molar-refractivity contribution in [1.82, 2.24) is 4.98 Å². The Balaban J connectivity index is 1.74. The van der Waals surface area contributed by atoms with E-state index in [1.807, 2.05) is 12.1 Å². The smallest absolute Gasteiger partial charge is 0.308 e. The Labute approximate surface area is 169 Å². The van der Waals surface area contributed by atoms with E-state index in [-0.39, 0.29) is 5.97 Å². The molecule has 0 spiro atoms. The number of carbonyl (C=O) groups excluding carboxylic acids is 1. The molecular formula is C25H21NO3. The van der Waals surface area contributed by atoms with E-state index < -0.39 is 0 Å². The quantitative estimate of drug-likeness (QED) is 0.267. The first kappa shape index (κ1) is 17.7. The Morgan fingerprint density at radius 1 is 0.966 bits per heavy atom. The average Bonchev–Trinajstić information content (AvgIpc) is 3.22. The second-order valence-corrected chi connectivity index (χ2v) is 7.41. The molecule has 0 fully saturated rings. The lowest BCUT2D eigenvalue weighted by Gasteiger charge is -2.15.